The maximum absolute atomic E-state index is 13.4. The highest BCUT2D eigenvalue weighted by molar-refractivity contribution is 6.06. The number of furan rings is 1. The molecule has 7 heteroatoms. The second kappa shape index (κ2) is 7.05. The van der Waals surface area contributed by atoms with Gasteiger partial charge in [-0.2, -0.15) is 5.10 Å². The summed E-state index contributed by atoms with van der Waals surface area (Å²) in [5, 5.41) is 5.27. The fourth-order valence-corrected chi connectivity index (χ4v) is 3.77. The van der Waals surface area contributed by atoms with Crippen molar-refractivity contribution in [1.29, 1.82) is 0 Å². The van der Waals surface area contributed by atoms with Crippen molar-refractivity contribution in [2.24, 2.45) is 0 Å². The normalized spacial score (nSPS) is 17.6. The average molecular weight is 382 g/mol. The van der Waals surface area contributed by atoms with Crippen LogP contribution in [0, 0.1) is 13.8 Å². The summed E-state index contributed by atoms with van der Waals surface area (Å²) in [6.45, 7) is 11.7. The highest BCUT2D eigenvalue weighted by atomic mass is 16.5. The summed E-state index contributed by atoms with van der Waals surface area (Å²) in [6.07, 6.45) is 1.78. The number of aromatic nitrogens is 3. The summed E-state index contributed by atoms with van der Waals surface area (Å²) in [5.41, 5.74) is 2.98. The molecule has 1 unspecified atom stereocenters. The molecule has 28 heavy (non-hydrogen) atoms. The van der Waals surface area contributed by atoms with E-state index in [4.69, 9.17) is 14.1 Å². The van der Waals surface area contributed by atoms with E-state index >= 15 is 0 Å². The Kier molecular flexibility index (Phi) is 4.71. The van der Waals surface area contributed by atoms with Crippen molar-refractivity contribution in [2.45, 2.75) is 46.8 Å². The number of amides is 1. The monoisotopic (exact) mass is 382 g/mol. The Morgan fingerprint density at radius 2 is 2.07 bits per heavy atom. The molecule has 3 aromatic rings. The molecule has 0 bridgehead atoms. The number of hydrogen-bond acceptors (Lipinski definition) is 5. The number of hydrogen-bond donors (Lipinski definition) is 0. The molecule has 148 valence electrons. The lowest BCUT2D eigenvalue weighted by molar-refractivity contribution is -0.0123. The number of nitrogens with zero attached hydrogens (tertiary/aromatic N) is 4. The fraction of sp³-hybridized carbons (Fsp3) is 0.476. The van der Waals surface area contributed by atoms with Gasteiger partial charge in [-0.15, -0.1) is 0 Å². The van der Waals surface area contributed by atoms with Gasteiger partial charge in [0.15, 0.2) is 5.65 Å². The van der Waals surface area contributed by atoms with E-state index in [1.807, 2.05) is 42.5 Å². The first-order chi connectivity index (χ1) is 13.3. The van der Waals surface area contributed by atoms with Crippen LogP contribution in [0.25, 0.3) is 22.3 Å². The van der Waals surface area contributed by atoms with E-state index in [9.17, 15) is 4.79 Å². The zero-order valence-electron chi connectivity index (χ0n) is 17.0. The molecule has 1 saturated heterocycles. The van der Waals surface area contributed by atoms with Crippen LogP contribution in [-0.2, 0) is 4.74 Å². The van der Waals surface area contributed by atoms with Crippen molar-refractivity contribution in [1.82, 2.24) is 19.7 Å². The topological polar surface area (TPSA) is 73.4 Å². The highest BCUT2D eigenvalue weighted by Crippen LogP contribution is 2.30. The molecule has 0 spiro atoms. The van der Waals surface area contributed by atoms with Crippen molar-refractivity contribution >= 4 is 16.9 Å². The van der Waals surface area contributed by atoms with Crippen LogP contribution in [0.2, 0.25) is 0 Å². The highest BCUT2D eigenvalue weighted by Gasteiger charge is 2.26. The molecular weight excluding hydrogens is 356 g/mol. The predicted octanol–water partition coefficient (Wildman–Crippen LogP) is 3.75. The second-order valence-corrected chi connectivity index (χ2v) is 7.73. The van der Waals surface area contributed by atoms with E-state index in [-0.39, 0.29) is 18.1 Å². The number of rotatable bonds is 3. The molecule has 4 rings (SSSR count). The van der Waals surface area contributed by atoms with Crippen LogP contribution in [0.15, 0.2) is 22.7 Å². The molecule has 1 fully saturated rings. The van der Waals surface area contributed by atoms with E-state index in [2.05, 4.69) is 18.9 Å². The van der Waals surface area contributed by atoms with Crippen molar-refractivity contribution in [3.8, 4) is 11.3 Å². The summed E-state index contributed by atoms with van der Waals surface area (Å²) >= 11 is 0. The lowest BCUT2D eigenvalue weighted by atomic mass is 10.1. The van der Waals surface area contributed by atoms with E-state index in [0.29, 0.717) is 25.3 Å². The van der Waals surface area contributed by atoms with Crippen LogP contribution in [-0.4, -0.2) is 51.4 Å². The van der Waals surface area contributed by atoms with Crippen LogP contribution in [0.5, 0.6) is 0 Å². The Bertz CT molecular complexity index is 1030. The zero-order valence-corrected chi connectivity index (χ0v) is 17.0. The van der Waals surface area contributed by atoms with Gasteiger partial charge in [0.1, 0.15) is 11.5 Å². The molecule has 0 N–H and O–H groups in total. The molecule has 0 radical (unpaired) electrons. The molecular formula is C21H26N4O3. The van der Waals surface area contributed by atoms with Gasteiger partial charge >= 0.3 is 0 Å². The quantitative estimate of drug-likeness (QED) is 0.690. The Morgan fingerprint density at radius 1 is 1.29 bits per heavy atom. The molecule has 3 aromatic heterocycles. The van der Waals surface area contributed by atoms with Gasteiger partial charge in [-0.25, -0.2) is 9.67 Å². The van der Waals surface area contributed by atoms with Crippen molar-refractivity contribution in [2.75, 3.05) is 19.7 Å². The second-order valence-electron chi connectivity index (χ2n) is 7.73. The van der Waals surface area contributed by atoms with Gasteiger partial charge in [0, 0.05) is 24.7 Å². The van der Waals surface area contributed by atoms with E-state index in [0.717, 1.165) is 33.8 Å². The molecule has 0 aromatic carbocycles. The smallest absolute Gasteiger partial charge is 0.254 e. The van der Waals surface area contributed by atoms with Crippen molar-refractivity contribution < 1.29 is 13.9 Å². The summed E-state index contributed by atoms with van der Waals surface area (Å²) in [5.74, 6) is 1.60. The fourth-order valence-electron chi connectivity index (χ4n) is 3.77. The number of carbonyl (C=O) groups is 1. The maximum atomic E-state index is 13.4. The van der Waals surface area contributed by atoms with Gasteiger partial charge in [-0.05, 0) is 46.8 Å². The number of carbonyl (C=O) groups excluding carboxylic acids is 1. The molecule has 1 atom stereocenters. The molecule has 1 aliphatic rings. The molecule has 1 aliphatic heterocycles. The minimum absolute atomic E-state index is 0.00928. The molecule has 0 saturated carbocycles. The standard InChI is InChI=1S/C21H26N4O3/c1-12(2)25-20-18(10-22-25)17(21(26)24-6-7-27-14(4)11-24)9-19(23-20)16-8-13(3)28-15(16)5/h8-10,12,14H,6-7,11H2,1-5H3. The van der Waals surface area contributed by atoms with Gasteiger partial charge < -0.3 is 14.1 Å². The number of ether oxygens (including phenoxy) is 1. The Labute approximate surface area is 164 Å². The summed E-state index contributed by atoms with van der Waals surface area (Å²) < 4.78 is 13.2. The molecule has 7 nitrogen and oxygen atoms in total. The number of morpholine rings is 1. The first-order valence-corrected chi connectivity index (χ1v) is 9.71. The number of fused-ring (bicyclic) bond motifs is 1. The third-order valence-electron chi connectivity index (χ3n) is 5.13. The molecule has 4 heterocycles. The number of aryl methyl sites for hydroxylation is 2. The van der Waals surface area contributed by atoms with Gasteiger partial charge in [-0.1, -0.05) is 0 Å². The van der Waals surface area contributed by atoms with Crippen LogP contribution < -0.4 is 0 Å². The predicted molar refractivity (Wildman–Crippen MR) is 106 cm³/mol. The first kappa shape index (κ1) is 18.7. The minimum atomic E-state index is -0.00928. The largest absolute Gasteiger partial charge is 0.466 e. The van der Waals surface area contributed by atoms with E-state index in [1.54, 1.807) is 6.20 Å². The number of pyridine rings is 1. The van der Waals surface area contributed by atoms with Crippen LogP contribution >= 0.6 is 0 Å². The van der Waals surface area contributed by atoms with Gasteiger partial charge in [0.05, 0.1) is 35.6 Å². The van der Waals surface area contributed by atoms with Crippen LogP contribution in [0.4, 0.5) is 0 Å². The Morgan fingerprint density at radius 3 is 2.71 bits per heavy atom. The minimum Gasteiger partial charge on any atom is -0.466 e. The molecule has 0 aliphatic carbocycles. The summed E-state index contributed by atoms with van der Waals surface area (Å²) in [6, 6.07) is 3.97. The van der Waals surface area contributed by atoms with Gasteiger partial charge in [0.25, 0.3) is 5.91 Å². The average Bonchev–Trinajstić information content (AvgIpc) is 3.23. The summed E-state index contributed by atoms with van der Waals surface area (Å²) in [7, 11) is 0. The third-order valence-corrected chi connectivity index (χ3v) is 5.13. The van der Waals surface area contributed by atoms with E-state index < -0.39 is 0 Å². The zero-order chi connectivity index (χ0) is 20.0. The lowest BCUT2D eigenvalue weighted by Gasteiger charge is -2.31. The Balaban J connectivity index is 1.89. The molecule has 1 amide bonds. The van der Waals surface area contributed by atoms with Crippen LogP contribution in [0.1, 0.15) is 48.7 Å². The van der Waals surface area contributed by atoms with Gasteiger partial charge in [-0.3, -0.25) is 4.79 Å². The van der Waals surface area contributed by atoms with E-state index in [1.165, 1.54) is 0 Å². The van der Waals surface area contributed by atoms with Crippen molar-refractivity contribution in [3.63, 3.8) is 0 Å². The lowest BCUT2D eigenvalue weighted by Crippen LogP contribution is -2.44. The van der Waals surface area contributed by atoms with Crippen molar-refractivity contribution in [3.05, 3.63) is 35.4 Å². The third kappa shape index (κ3) is 3.20. The van der Waals surface area contributed by atoms with Crippen LogP contribution in [0.3, 0.4) is 0 Å². The first-order valence-electron chi connectivity index (χ1n) is 9.71. The van der Waals surface area contributed by atoms with Gasteiger partial charge in [0.2, 0.25) is 0 Å². The SMILES string of the molecule is Cc1cc(-c2cc(C(=O)N3CCOC(C)C3)c3cnn(C(C)C)c3n2)c(C)o1. The Hall–Kier alpha value is -2.67. The maximum Gasteiger partial charge on any atom is 0.254 e. The summed E-state index contributed by atoms with van der Waals surface area (Å²) in [4.78, 5) is 20.1.